The molecule has 0 bridgehead atoms. The molecule has 0 saturated heterocycles. The standard InChI is InChI=1S/C33H24ClN/c1-33(2)29-16-13-21(18-27(29)28-20-23(34)14-17-30(28)33)22-12-15-26-25-10-6-7-11-31(25)35(32(26)19-22)24-8-4-3-5-9-24/h3-20H,1-2H3. The van der Waals surface area contributed by atoms with Gasteiger partial charge < -0.3 is 4.57 Å². The van der Waals surface area contributed by atoms with Gasteiger partial charge >= 0.3 is 0 Å². The van der Waals surface area contributed by atoms with Crippen molar-refractivity contribution in [3.8, 4) is 27.9 Å². The van der Waals surface area contributed by atoms with E-state index >= 15 is 0 Å². The second kappa shape index (κ2) is 7.34. The van der Waals surface area contributed by atoms with Crippen molar-refractivity contribution < 1.29 is 0 Å². The third kappa shape index (κ3) is 2.95. The van der Waals surface area contributed by atoms with Gasteiger partial charge in [-0.2, -0.15) is 0 Å². The van der Waals surface area contributed by atoms with E-state index in [0.717, 1.165) is 5.02 Å². The third-order valence-corrected chi connectivity index (χ3v) is 7.89. The van der Waals surface area contributed by atoms with Crippen LogP contribution in [0.3, 0.4) is 0 Å². The van der Waals surface area contributed by atoms with E-state index in [4.69, 9.17) is 11.6 Å². The van der Waals surface area contributed by atoms with Gasteiger partial charge in [0.15, 0.2) is 0 Å². The van der Waals surface area contributed by atoms with E-state index in [1.54, 1.807) is 0 Å². The molecule has 0 atom stereocenters. The van der Waals surface area contributed by atoms with Gasteiger partial charge in [-0.15, -0.1) is 0 Å². The molecule has 1 nitrogen and oxygen atoms in total. The molecule has 7 rings (SSSR count). The van der Waals surface area contributed by atoms with Crippen molar-refractivity contribution in [1.82, 2.24) is 4.57 Å². The van der Waals surface area contributed by atoms with Crippen LogP contribution in [0.15, 0.2) is 109 Å². The summed E-state index contributed by atoms with van der Waals surface area (Å²) in [4.78, 5) is 0. The summed E-state index contributed by atoms with van der Waals surface area (Å²) >= 11 is 6.42. The molecule has 5 aromatic carbocycles. The molecule has 0 saturated carbocycles. The van der Waals surface area contributed by atoms with Crippen LogP contribution in [0.1, 0.15) is 25.0 Å². The monoisotopic (exact) mass is 469 g/mol. The van der Waals surface area contributed by atoms with E-state index in [0.29, 0.717) is 0 Å². The zero-order chi connectivity index (χ0) is 23.7. The van der Waals surface area contributed by atoms with E-state index in [9.17, 15) is 0 Å². The van der Waals surface area contributed by atoms with Crippen LogP contribution in [-0.4, -0.2) is 4.57 Å². The van der Waals surface area contributed by atoms with Gasteiger partial charge in [0, 0.05) is 26.9 Å². The smallest absolute Gasteiger partial charge is 0.0547 e. The van der Waals surface area contributed by atoms with E-state index in [-0.39, 0.29) is 5.41 Å². The molecule has 35 heavy (non-hydrogen) atoms. The maximum atomic E-state index is 6.42. The van der Waals surface area contributed by atoms with Gasteiger partial charge in [-0.25, -0.2) is 0 Å². The molecular formula is C33H24ClN. The summed E-state index contributed by atoms with van der Waals surface area (Å²) in [6.45, 7) is 4.60. The maximum absolute atomic E-state index is 6.42. The second-order valence-corrected chi connectivity index (χ2v) is 10.4. The Morgan fingerprint density at radius 1 is 0.571 bits per heavy atom. The number of para-hydroxylation sites is 2. The predicted molar refractivity (Wildman–Crippen MR) is 149 cm³/mol. The first kappa shape index (κ1) is 20.6. The Balaban J connectivity index is 1.47. The largest absolute Gasteiger partial charge is 0.309 e. The average molecular weight is 470 g/mol. The van der Waals surface area contributed by atoms with Crippen LogP contribution >= 0.6 is 11.6 Å². The molecule has 168 valence electrons. The summed E-state index contributed by atoms with van der Waals surface area (Å²) in [5, 5.41) is 3.33. The lowest BCUT2D eigenvalue weighted by Crippen LogP contribution is -2.14. The molecule has 0 unspecified atom stereocenters. The topological polar surface area (TPSA) is 4.93 Å². The first-order chi connectivity index (χ1) is 17.0. The molecule has 2 heteroatoms. The fourth-order valence-electron chi connectivity index (χ4n) is 5.93. The molecule has 0 radical (unpaired) electrons. The highest BCUT2D eigenvalue weighted by Crippen LogP contribution is 2.50. The van der Waals surface area contributed by atoms with Crippen molar-refractivity contribution in [2.45, 2.75) is 19.3 Å². The molecule has 1 heterocycles. The molecule has 1 aliphatic carbocycles. The van der Waals surface area contributed by atoms with Crippen molar-refractivity contribution in [2.75, 3.05) is 0 Å². The molecule has 1 aromatic heterocycles. The summed E-state index contributed by atoms with van der Waals surface area (Å²) in [6.07, 6.45) is 0. The zero-order valence-electron chi connectivity index (χ0n) is 19.7. The van der Waals surface area contributed by atoms with Gasteiger partial charge in [-0.3, -0.25) is 0 Å². The lowest BCUT2D eigenvalue weighted by Gasteiger charge is -2.21. The van der Waals surface area contributed by atoms with Gasteiger partial charge in [-0.05, 0) is 75.8 Å². The van der Waals surface area contributed by atoms with Crippen LogP contribution in [0.25, 0.3) is 49.7 Å². The fourth-order valence-corrected chi connectivity index (χ4v) is 6.10. The van der Waals surface area contributed by atoms with Crippen LogP contribution in [0.2, 0.25) is 5.02 Å². The first-order valence-electron chi connectivity index (χ1n) is 12.1. The Labute approximate surface area is 210 Å². The van der Waals surface area contributed by atoms with Gasteiger partial charge in [0.1, 0.15) is 0 Å². The van der Waals surface area contributed by atoms with Crippen LogP contribution in [0, 0.1) is 0 Å². The number of aromatic nitrogens is 1. The van der Waals surface area contributed by atoms with E-state index in [1.807, 2.05) is 6.07 Å². The number of benzene rings is 5. The summed E-state index contributed by atoms with van der Waals surface area (Å²) in [5.74, 6) is 0. The number of halogens is 1. The number of nitrogens with zero attached hydrogens (tertiary/aromatic N) is 1. The van der Waals surface area contributed by atoms with Crippen molar-refractivity contribution in [3.05, 3.63) is 125 Å². The highest BCUT2D eigenvalue weighted by molar-refractivity contribution is 6.31. The van der Waals surface area contributed by atoms with Crippen molar-refractivity contribution in [1.29, 1.82) is 0 Å². The third-order valence-electron chi connectivity index (χ3n) is 7.66. The molecule has 0 aliphatic heterocycles. The Morgan fingerprint density at radius 2 is 1.20 bits per heavy atom. The van der Waals surface area contributed by atoms with Crippen LogP contribution in [0.4, 0.5) is 0 Å². The Morgan fingerprint density at radius 3 is 2.03 bits per heavy atom. The Hall–Kier alpha value is -3.81. The summed E-state index contributed by atoms with van der Waals surface area (Å²) in [6, 6.07) is 39.4. The van der Waals surface area contributed by atoms with Crippen molar-refractivity contribution >= 4 is 33.4 Å². The molecule has 6 aromatic rings. The van der Waals surface area contributed by atoms with E-state index in [2.05, 4.69) is 122 Å². The predicted octanol–water partition coefficient (Wildman–Crippen LogP) is 9.41. The van der Waals surface area contributed by atoms with Gasteiger partial charge in [-0.1, -0.05) is 92.2 Å². The minimum Gasteiger partial charge on any atom is -0.309 e. The van der Waals surface area contributed by atoms with E-state index < -0.39 is 0 Å². The normalized spacial score (nSPS) is 13.8. The maximum Gasteiger partial charge on any atom is 0.0547 e. The quantitative estimate of drug-likeness (QED) is 0.238. The summed E-state index contributed by atoms with van der Waals surface area (Å²) in [7, 11) is 0. The van der Waals surface area contributed by atoms with Gasteiger partial charge in [0.25, 0.3) is 0 Å². The average Bonchev–Trinajstić information content (AvgIpc) is 3.33. The first-order valence-corrected chi connectivity index (χ1v) is 12.4. The Kier molecular flexibility index (Phi) is 4.31. The minimum atomic E-state index is -0.0303. The number of hydrogen-bond donors (Lipinski definition) is 0. The molecule has 0 spiro atoms. The van der Waals surface area contributed by atoms with Crippen LogP contribution in [0.5, 0.6) is 0 Å². The number of rotatable bonds is 2. The highest BCUT2D eigenvalue weighted by Gasteiger charge is 2.35. The minimum absolute atomic E-state index is 0.0303. The zero-order valence-corrected chi connectivity index (χ0v) is 20.5. The van der Waals surface area contributed by atoms with Crippen molar-refractivity contribution in [2.24, 2.45) is 0 Å². The number of hydrogen-bond acceptors (Lipinski definition) is 0. The lowest BCUT2D eigenvalue weighted by atomic mass is 9.82. The Bertz CT molecular complexity index is 1770. The van der Waals surface area contributed by atoms with Gasteiger partial charge in [0.2, 0.25) is 0 Å². The fraction of sp³-hybridized carbons (Fsp3) is 0.0909. The molecule has 0 N–H and O–H groups in total. The number of fused-ring (bicyclic) bond motifs is 6. The highest BCUT2D eigenvalue weighted by atomic mass is 35.5. The summed E-state index contributed by atoms with van der Waals surface area (Å²) < 4.78 is 2.37. The lowest BCUT2D eigenvalue weighted by molar-refractivity contribution is 0.660. The van der Waals surface area contributed by atoms with Gasteiger partial charge in [0.05, 0.1) is 11.0 Å². The van der Waals surface area contributed by atoms with Crippen LogP contribution < -0.4 is 0 Å². The van der Waals surface area contributed by atoms with E-state index in [1.165, 1.54) is 60.9 Å². The van der Waals surface area contributed by atoms with Crippen molar-refractivity contribution in [3.63, 3.8) is 0 Å². The summed E-state index contributed by atoms with van der Waals surface area (Å²) in [5.41, 5.74) is 11.3. The second-order valence-electron chi connectivity index (χ2n) is 10.00. The molecular weight excluding hydrogens is 446 g/mol. The molecule has 1 aliphatic rings. The van der Waals surface area contributed by atoms with Crippen LogP contribution in [-0.2, 0) is 5.41 Å². The molecule has 0 amide bonds. The SMILES string of the molecule is CC1(C)c2ccc(Cl)cc2-c2cc(-c3ccc4c5ccccc5n(-c5ccccc5)c4c3)ccc21. The molecule has 0 fully saturated rings.